The molecule has 1 aromatic heterocycles. The van der Waals surface area contributed by atoms with Crippen molar-refractivity contribution in [2.45, 2.75) is 51.5 Å². The number of aryl methyl sites for hydroxylation is 1. The van der Waals surface area contributed by atoms with Crippen LogP contribution in [0.2, 0.25) is 0 Å². The van der Waals surface area contributed by atoms with Crippen molar-refractivity contribution in [1.82, 2.24) is 15.0 Å². The van der Waals surface area contributed by atoms with Crippen LogP contribution in [0, 0.1) is 0 Å². The Balaban J connectivity index is 2.42. The van der Waals surface area contributed by atoms with E-state index in [0.717, 1.165) is 12.8 Å². The number of rotatable bonds is 1. The van der Waals surface area contributed by atoms with E-state index in [1.165, 1.54) is 0 Å². The summed E-state index contributed by atoms with van der Waals surface area (Å²) in [6.07, 6.45) is 2.97. The third-order valence-corrected chi connectivity index (χ3v) is 2.89. The zero-order valence-corrected chi connectivity index (χ0v) is 8.84. The lowest BCUT2D eigenvalue weighted by molar-refractivity contribution is -0.0226. The smallest absolute Gasteiger partial charge is 0.249 e. The highest BCUT2D eigenvalue weighted by Gasteiger charge is 2.38. The van der Waals surface area contributed by atoms with E-state index in [9.17, 15) is 8.78 Å². The summed E-state index contributed by atoms with van der Waals surface area (Å²) in [6, 6.07) is 0. The van der Waals surface area contributed by atoms with Crippen molar-refractivity contribution < 1.29 is 8.78 Å². The van der Waals surface area contributed by atoms with Crippen LogP contribution in [0.25, 0.3) is 0 Å². The average molecular weight is 215 g/mol. The summed E-state index contributed by atoms with van der Waals surface area (Å²) in [7, 11) is 0. The van der Waals surface area contributed by atoms with Gasteiger partial charge in [0.2, 0.25) is 0 Å². The normalized spacial score (nSPS) is 20.5. The van der Waals surface area contributed by atoms with Crippen LogP contribution in [0.15, 0.2) is 0 Å². The van der Waals surface area contributed by atoms with E-state index in [4.69, 9.17) is 0 Å². The predicted molar refractivity (Wildman–Crippen MR) is 51.8 cm³/mol. The van der Waals surface area contributed by atoms with Crippen LogP contribution in [0.1, 0.15) is 44.0 Å². The average Bonchev–Trinajstić information content (AvgIpc) is 2.58. The van der Waals surface area contributed by atoms with E-state index in [0.29, 0.717) is 25.1 Å². The van der Waals surface area contributed by atoms with Gasteiger partial charge in [0.05, 0.1) is 5.69 Å². The molecule has 1 heterocycles. The van der Waals surface area contributed by atoms with Crippen molar-refractivity contribution in [2.75, 3.05) is 0 Å². The van der Waals surface area contributed by atoms with E-state index in [-0.39, 0.29) is 12.1 Å². The number of fused-ring (bicyclic) bond motifs is 1. The van der Waals surface area contributed by atoms with Crippen LogP contribution in [0.5, 0.6) is 0 Å². The fraction of sp³-hybridized carbons (Fsp3) is 0.800. The van der Waals surface area contributed by atoms with E-state index >= 15 is 0 Å². The van der Waals surface area contributed by atoms with Crippen LogP contribution < -0.4 is 0 Å². The lowest BCUT2D eigenvalue weighted by Gasteiger charge is -2.18. The highest BCUT2D eigenvalue weighted by Crippen LogP contribution is 2.36. The maximum absolute atomic E-state index is 13.7. The van der Waals surface area contributed by atoms with Gasteiger partial charge >= 0.3 is 0 Å². The topological polar surface area (TPSA) is 30.7 Å². The third-order valence-electron chi connectivity index (χ3n) is 2.89. The highest BCUT2D eigenvalue weighted by atomic mass is 19.3. The molecule has 0 atom stereocenters. The summed E-state index contributed by atoms with van der Waals surface area (Å²) in [6.45, 7) is 2.50. The molecule has 15 heavy (non-hydrogen) atoms. The van der Waals surface area contributed by atoms with Crippen molar-refractivity contribution >= 4 is 0 Å². The van der Waals surface area contributed by atoms with Gasteiger partial charge in [0, 0.05) is 13.0 Å². The van der Waals surface area contributed by atoms with Gasteiger partial charge in [-0.25, -0.2) is 4.68 Å². The van der Waals surface area contributed by atoms with E-state index in [2.05, 4.69) is 10.3 Å². The van der Waals surface area contributed by atoms with Gasteiger partial charge in [-0.15, -0.1) is 5.10 Å². The summed E-state index contributed by atoms with van der Waals surface area (Å²) in [5, 5.41) is 7.43. The van der Waals surface area contributed by atoms with Crippen molar-refractivity contribution in [1.29, 1.82) is 0 Å². The second-order valence-electron chi connectivity index (χ2n) is 3.97. The van der Waals surface area contributed by atoms with Gasteiger partial charge in [0.15, 0.2) is 5.69 Å². The van der Waals surface area contributed by atoms with Gasteiger partial charge in [-0.2, -0.15) is 8.78 Å². The Morgan fingerprint density at radius 3 is 2.87 bits per heavy atom. The Hall–Kier alpha value is -1.00. The molecule has 0 fully saturated rings. The summed E-state index contributed by atoms with van der Waals surface area (Å²) in [5.41, 5.74) is 0.534. The van der Waals surface area contributed by atoms with E-state index in [1.807, 2.05) is 6.92 Å². The molecule has 3 nitrogen and oxygen atoms in total. The van der Waals surface area contributed by atoms with Gasteiger partial charge in [0.25, 0.3) is 5.92 Å². The maximum Gasteiger partial charge on any atom is 0.293 e. The first-order valence-corrected chi connectivity index (χ1v) is 5.46. The second kappa shape index (κ2) is 3.87. The van der Waals surface area contributed by atoms with Crippen molar-refractivity contribution in [2.24, 2.45) is 0 Å². The molecular weight excluding hydrogens is 200 g/mol. The molecule has 1 aliphatic carbocycles. The van der Waals surface area contributed by atoms with Gasteiger partial charge in [0.1, 0.15) is 0 Å². The number of hydrogen-bond acceptors (Lipinski definition) is 2. The molecule has 0 spiro atoms. The Labute approximate surface area is 87.5 Å². The first-order valence-electron chi connectivity index (χ1n) is 5.46. The lowest BCUT2D eigenvalue weighted by Crippen LogP contribution is -2.19. The van der Waals surface area contributed by atoms with Crippen LogP contribution in [0.3, 0.4) is 0 Å². The first kappa shape index (κ1) is 10.5. The zero-order valence-electron chi connectivity index (χ0n) is 8.84. The fourth-order valence-electron chi connectivity index (χ4n) is 2.05. The van der Waals surface area contributed by atoms with E-state index < -0.39 is 5.92 Å². The predicted octanol–water partition coefficient (Wildman–Crippen LogP) is 2.51. The molecule has 0 amide bonds. The molecular formula is C10H15F2N3. The van der Waals surface area contributed by atoms with Crippen LogP contribution in [0.4, 0.5) is 8.78 Å². The van der Waals surface area contributed by atoms with Crippen molar-refractivity contribution in [3.05, 3.63) is 11.4 Å². The first-order chi connectivity index (χ1) is 7.15. The van der Waals surface area contributed by atoms with Crippen LogP contribution in [-0.2, 0) is 18.9 Å². The number of hydrogen-bond donors (Lipinski definition) is 0. The quantitative estimate of drug-likeness (QED) is 0.720. The molecule has 1 aromatic rings. The van der Waals surface area contributed by atoms with Gasteiger partial charge < -0.3 is 0 Å². The minimum Gasteiger partial charge on any atom is -0.249 e. The lowest BCUT2D eigenvalue weighted by atomic mass is 9.98. The zero-order chi connectivity index (χ0) is 10.9. The molecule has 0 N–H and O–H groups in total. The van der Waals surface area contributed by atoms with Gasteiger partial charge in [-0.05, 0) is 26.2 Å². The molecule has 0 saturated heterocycles. The molecule has 0 unspecified atom stereocenters. The molecule has 84 valence electrons. The summed E-state index contributed by atoms with van der Waals surface area (Å²) in [5.74, 6) is -2.79. The standard InChI is InChI=1S/C10H15F2N3/c1-2-15-8-6-4-3-5-7-10(11,12)9(8)13-14-15/h2-7H2,1H3. The molecule has 1 aliphatic rings. The minimum absolute atomic E-state index is 0.0935. The molecule has 0 radical (unpaired) electrons. The van der Waals surface area contributed by atoms with Crippen LogP contribution in [-0.4, -0.2) is 15.0 Å². The monoisotopic (exact) mass is 215 g/mol. The molecule has 2 rings (SSSR count). The maximum atomic E-state index is 13.7. The number of halogens is 2. The molecule has 5 heteroatoms. The Morgan fingerprint density at radius 2 is 2.13 bits per heavy atom. The largest absolute Gasteiger partial charge is 0.293 e. The van der Waals surface area contributed by atoms with Gasteiger partial charge in [-0.1, -0.05) is 11.6 Å². The van der Waals surface area contributed by atoms with Crippen molar-refractivity contribution in [3.8, 4) is 0 Å². The second-order valence-corrected chi connectivity index (χ2v) is 3.97. The number of alkyl halides is 2. The summed E-state index contributed by atoms with van der Waals surface area (Å²) >= 11 is 0. The summed E-state index contributed by atoms with van der Waals surface area (Å²) < 4.78 is 28.9. The third kappa shape index (κ3) is 1.87. The Kier molecular flexibility index (Phi) is 2.71. The molecule has 0 aromatic carbocycles. The van der Waals surface area contributed by atoms with Crippen molar-refractivity contribution in [3.63, 3.8) is 0 Å². The SMILES string of the molecule is CCn1nnc2c1CCCCCC2(F)F. The molecule has 0 aliphatic heterocycles. The number of aromatic nitrogens is 3. The minimum atomic E-state index is -2.79. The summed E-state index contributed by atoms with van der Waals surface area (Å²) in [4.78, 5) is 0. The van der Waals surface area contributed by atoms with E-state index in [1.54, 1.807) is 4.68 Å². The van der Waals surface area contributed by atoms with Crippen LogP contribution >= 0.6 is 0 Å². The fourth-order valence-corrected chi connectivity index (χ4v) is 2.05. The Bertz CT molecular complexity index is 346. The van der Waals surface area contributed by atoms with Gasteiger partial charge in [-0.3, -0.25) is 0 Å². The number of nitrogens with zero attached hydrogens (tertiary/aromatic N) is 3. The molecule has 0 saturated carbocycles. The molecule has 0 bridgehead atoms. The Morgan fingerprint density at radius 1 is 1.33 bits per heavy atom. The highest BCUT2D eigenvalue weighted by molar-refractivity contribution is 5.17.